The van der Waals surface area contributed by atoms with Gasteiger partial charge in [0.25, 0.3) is 0 Å². The van der Waals surface area contributed by atoms with Crippen molar-refractivity contribution in [1.82, 2.24) is 19.6 Å². The zero-order valence-corrected chi connectivity index (χ0v) is 31.0. The molecule has 6 aromatic rings. The summed E-state index contributed by atoms with van der Waals surface area (Å²) in [4.78, 5) is 18.3. The number of sulfonamides is 1. The lowest BCUT2D eigenvalue weighted by Crippen LogP contribution is -2.47. The van der Waals surface area contributed by atoms with E-state index in [1.165, 1.54) is 12.1 Å². The van der Waals surface area contributed by atoms with Crippen LogP contribution in [0.15, 0.2) is 139 Å². The maximum atomic E-state index is 13.6. The van der Waals surface area contributed by atoms with Gasteiger partial charge in [-0.1, -0.05) is 116 Å². The zero-order valence-electron chi connectivity index (χ0n) is 30.2. The first kappa shape index (κ1) is 37.2. The minimum absolute atomic E-state index is 0.0101. The molecule has 10 nitrogen and oxygen atoms in total. The van der Waals surface area contributed by atoms with Crippen molar-refractivity contribution in [2.45, 2.75) is 69.4 Å². The van der Waals surface area contributed by atoms with Gasteiger partial charge in [-0.05, 0) is 59.9 Å². The second-order valence-electron chi connectivity index (χ2n) is 13.8. The van der Waals surface area contributed by atoms with Crippen molar-refractivity contribution in [2.24, 2.45) is 5.92 Å². The molecule has 5 aromatic carbocycles. The topological polar surface area (TPSA) is 132 Å². The van der Waals surface area contributed by atoms with Gasteiger partial charge in [-0.2, -0.15) is 4.72 Å². The summed E-state index contributed by atoms with van der Waals surface area (Å²) in [5, 5.41) is 12.6. The molecule has 2 heterocycles. The molecule has 0 spiro atoms. The SMILES string of the molecule is Cc1ccc(S(=O)(=O)N[C@H](Cc2ccccc2)C(=O)NCc2ccc([C@@H]3O[C@H](Cn4cnc5ccccc54)[C@H](C)[C@H](c4ccc(CO)cc4)O3)cc2)cc1. The number of aliphatic hydroxyl groups is 1. The normalized spacial score (nSPS) is 19.4. The van der Waals surface area contributed by atoms with Crippen molar-refractivity contribution in [1.29, 1.82) is 0 Å². The van der Waals surface area contributed by atoms with Crippen LogP contribution in [0.4, 0.5) is 0 Å². The smallest absolute Gasteiger partial charge is 0.241 e. The van der Waals surface area contributed by atoms with Crippen molar-refractivity contribution >= 4 is 27.0 Å². The Kier molecular flexibility index (Phi) is 11.3. The number of rotatable bonds is 13. The Morgan fingerprint density at radius 3 is 2.20 bits per heavy atom. The predicted octanol–water partition coefficient (Wildman–Crippen LogP) is 6.53. The summed E-state index contributed by atoms with van der Waals surface area (Å²) in [6.45, 7) is 4.75. The minimum Gasteiger partial charge on any atom is -0.392 e. The van der Waals surface area contributed by atoms with E-state index in [0.717, 1.165) is 44.4 Å². The highest BCUT2D eigenvalue weighted by Crippen LogP contribution is 2.42. The molecule has 0 radical (unpaired) electrons. The fourth-order valence-corrected chi connectivity index (χ4v) is 7.99. The van der Waals surface area contributed by atoms with Crippen LogP contribution < -0.4 is 10.0 Å². The Bertz CT molecular complexity index is 2280. The summed E-state index contributed by atoms with van der Waals surface area (Å²) >= 11 is 0. The number of ether oxygens (including phenoxy) is 2. The quantitative estimate of drug-likeness (QED) is 0.123. The number of nitrogens with one attached hydrogen (secondary N) is 2. The van der Waals surface area contributed by atoms with Crippen molar-refractivity contribution in [3.63, 3.8) is 0 Å². The summed E-state index contributed by atoms with van der Waals surface area (Å²) in [5.41, 5.74) is 7.19. The van der Waals surface area contributed by atoms with Gasteiger partial charge >= 0.3 is 0 Å². The van der Waals surface area contributed by atoms with E-state index >= 15 is 0 Å². The molecule has 7 rings (SSSR count). The number of hydrogen-bond donors (Lipinski definition) is 3. The highest BCUT2D eigenvalue weighted by molar-refractivity contribution is 7.89. The van der Waals surface area contributed by atoms with Crippen molar-refractivity contribution in [2.75, 3.05) is 0 Å². The van der Waals surface area contributed by atoms with Crippen LogP contribution in [0.3, 0.4) is 0 Å². The lowest BCUT2D eigenvalue weighted by Gasteiger charge is -2.41. The number of amides is 1. The second-order valence-corrected chi connectivity index (χ2v) is 15.6. The Morgan fingerprint density at radius 2 is 1.48 bits per heavy atom. The largest absolute Gasteiger partial charge is 0.392 e. The molecular weight excluding hydrogens is 701 g/mol. The van der Waals surface area contributed by atoms with E-state index < -0.39 is 28.3 Å². The molecule has 54 heavy (non-hydrogen) atoms. The minimum atomic E-state index is -3.96. The van der Waals surface area contributed by atoms with E-state index in [4.69, 9.17) is 9.47 Å². The highest BCUT2D eigenvalue weighted by atomic mass is 32.2. The van der Waals surface area contributed by atoms with Crippen LogP contribution in [-0.4, -0.2) is 41.1 Å². The van der Waals surface area contributed by atoms with Gasteiger partial charge in [0.1, 0.15) is 6.04 Å². The molecule has 1 saturated heterocycles. The van der Waals surface area contributed by atoms with Gasteiger partial charge < -0.3 is 24.5 Å². The first-order valence-electron chi connectivity index (χ1n) is 18.1. The molecule has 1 amide bonds. The number of hydrogen-bond acceptors (Lipinski definition) is 7. The van der Waals surface area contributed by atoms with Gasteiger partial charge in [-0.3, -0.25) is 4.79 Å². The van der Waals surface area contributed by atoms with E-state index in [2.05, 4.69) is 32.6 Å². The molecule has 11 heteroatoms. The summed E-state index contributed by atoms with van der Waals surface area (Å²) in [6.07, 6.45) is 0.870. The third-order valence-corrected chi connectivity index (χ3v) is 11.5. The molecular formula is C43H44N4O6S. The molecule has 0 saturated carbocycles. The van der Waals surface area contributed by atoms with E-state index in [1.54, 1.807) is 12.1 Å². The lowest BCUT2D eigenvalue weighted by atomic mass is 9.90. The zero-order chi connectivity index (χ0) is 37.7. The lowest BCUT2D eigenvalue weighted by molar-refractivity contribution is -0.276. The third-order valence-electron chi connectivity index (χ3n) is 9.97. The van der Waals surface area contributed by atoms with Crippen LogP contribution in [-0.2, 0) is 50.4 Å². The number of carbonyl (C=O) groups is 1. The maximum absolute atomic E-state index is 13.6. The molecule has 0 bridgehead atoms. The van der Waals surface area contributed by atoms with Crippen molar-refractivity contribution < 1.29 is 27.8 Å². The number of aromatic nitrogens is 2. The molecule has 3 N–H and O–H groups in total. The molecule has 1 aliphatic rings. The monoisotopic (exact) mass is 744 g/mol. The molecule has 5 atom stereocenters. The van der Waals surface area contributed by atoms with Crippen LogP contribution in [0.5, 0.6) is 0 Å². The molecule has 0 aliphatic carbocycles. The predicted molar refractivity (Wildman–Crippen MR) is 206 cm³/mol. The number of para-hydroxylation sites is 2. The third kappa shape index (κ3) is 8.62. The Balaban J connectivity index is 1.07. The van der Waals surface area contributed by atoms with Crippen LogP contribution >= 0.6 is 0 Å². The number of aliphatic hydroxyl groups excluding tert-OH is 1. The molecule has 278 valence electrons. The van der Waals surface area contributed by atoms with Crippen LogP contribution in [0.2, 0.25) is 0 Å². The Hall–Kier alpha value is -5.17. The Labute approximate surface area is 315 Å². The number of fused-ring (bicyclic) bond motifs is 1. The number of aryl methyl sites for hydroxylation is 1. The van der Waals surface area contributed by atoms with E-state index in [-0.39, 0.29) is 42.6 Å². The molecule has 1 aliphatic heterocycles. The first-order chi connectivity index (χ1) is 26.2. The van der Waals surface area contributed by atoms with Crippen LogP contribution in [0.1, 0.15) is 52.7 Å². The van der Waals surface area contributed by atoms with Gasteiger partial charge in [0.15, 0.2) is 6.29 Å². The van der Waals surface area contributed by atoms with E-state index in [1.807, 2.05) is 110 Å². The van der Waals surface area contributed by atoms with Gasteiger partial charge in [0.05, 0.1) is 47.6 Å². The summed E-state index contributed by atoms with van der Waals surface area (Å²) < 4.78 is 44.7. The van der Waals surface area contributed by atoms with Crippen LogP contribution in [0, 0.1) is 12.8 Å². The van der Waals surface area contributed by atoms with Crippen molar-refractivity contribution in [3.8, 4) is 0 Å². The maximum Gasteiger partial charge on any atom is 0.241 e. The molecule has 1 fully saturated rings. The van der Waals surface area contributed by atoms with E-state index in [9.17, 15) is 18.3 Å². The highest BCUT2D eigenvalue weighted by Gasteiger charge is 2.38. The number of nitrogens with zero attached hydrogens (tertiary/aromatic N) is 2. The second kappa shape index (κ2) is 16.5. The average Bonchev–Trinajstić information content (AvgIpc) is 3.60. The van der Waals surface area contributed by atoms with E-state index in [0.29, 0.717) is 6.54 Å². The van der Waals surface area contributed by atoms with Gasteiger partial charge in [0.2, 0.25) is 15.9 Å². The Morgan fingerprint density at radius 1 is 0.815 bits per heavy atom. The summed E-state index contributed by atoms with van der Waals surface area (Å²) in [6, 6.07) is 38.3. The fourth-order valence-electron chi connectivity index (χ4n) is 6.79. The number of benzene rings is 5. The van der Waals surface area contributed by atoms with Crippen LogP contribution in [0.25, 0.3) is 11.0 Å². The van der Waals surface area contributed by atoms with Gasteiger partial charge in [0, 0.05) is 18.0 Å². The van der Waals surface area contributed by atoms with Crippen molar-refractivity contribution in [3.05, 3.63) is 167 Å². The fraction of sp³-hybridized carbons (Fsp3) is 0.256. The standard InChI is InChI=1S/C43H44N4O6S/c1-29-12-22-36(23-13-29)54(50,51)46-38(24-31-8-4-3-5-9-31)42(49)44-25-32-14-20-35(21-15-32)43-52-40(26-47-28-45-37-10-6-7-11-39(37)47)30(2)41(53-43)34-18-16-33(27-48)17-19-34/h3-23,28,30,38,40-41,43,46,48H,24-27H2,1-2H3,(H,44,49)/t30-,38+,40+,41+,43+/m0/s1. The molecule has 1 aromatic heterocycles. The average molecular weight is 745 g/mol. The number of carbonyl (C=O) groups excluding carboxylic acids is 1. The van der Waals surface area contributed by atoms with Gasteiger partial charge in [-0.25, -0.2) is 13.4 Å². The molecule has 0 unspecified atom stereocenters. The first-order valence-corrected chi connectivity index (χ1v) is 19.5. The number of imidazole rings is 1. The summed E-state index contributed by atoms with van der Waals surface area (Å²) in [5.74, 6) is -0.444. The summed E-state index contributed by atoms with van der Waals surface area (Å²) in [7, 11) is -3.96. The van der Waals surface area contributed by atoms with Gasteiger partial charge in [-0.15, -0.1) is 0 Å².